The number of hydrogen-bond donors (Lipinski definition) is 4. The van der Waals surface area contributed by atoms with Gasteiger partial charge in [0, 0.05) is 11.3 Å². The quantitative estimate of drug-likeness (QED) is 0.141. The van der Waals surface area contributed by atoms with Gasteiger partial charge in [-0.3, -0.25) is 9.69 Å². The summed E-state index contributed by atoms with van der Waals surface area (Å²) < 4.78 is 0. The maximum absolute atomic E-state index is 13.7. The highest BCUT2D eigenvalue weighted by Crippen LogP contribution is 2.56. The van der Waals surface area contributed by atoms with E-state index < -0.39 is 11.0 Å². The van der Waals surface area contributed by atoms with E-state index in [2.05, 4.69) is 48.5 Å². The van der Waals surface area contributed by atoms with Crippen molar-refractivity contribution < 1.29 is 25.2 Å². The average molecular weight is 744 g/mol. The van der Waals surface area contributed by atoms with Crippen LogP contribution in [0.4, 0.5) is 5.69 Å². The SMILES string of the molecule is O=C1c2ccccc2C(c2ccc(O)cc2)(c2ccc(O)cc2)N1c1ccccc1.Oc1ccc(C2(c3ccc(O)cc3)c3ccccc3-c3ccccc32)cc1. The molecule has 8 aromatic rings. The van der Waals surface area contributed by atoms with Crippen molar-refractivity contribution in [1.29, 1.82) is 0 Å². The Balaban J connectivity index is 0.000000149. The summed E-state index contributed by atoms with van der Waals surface area (Å²) in [5.41, 5.74) is 9.52. The minimum Gasteiger partial charge on any atom is -0.508 e. The van der Waals surface area contributed by atoms with Crippen LogP contribution in [0, 0.1) is 0 Å². The lowest BCUT2D eigenvalue weighted by Gasteiger charge is -2.40. The van der Waals surface area contributed by atoms with Crippen LogP contribution in [0.25, 0.3) is 11.1 Å². The van der Waals surface area contributed by atoms with Gasteiger partial charge in [-0.15, -0.1) is 0 Å². The van der Waals surface area contributed by atoms with Gasteiger partial charge < -0.3 is 20.4 Å². The number of rotatable bonds is 5. The molecule has 6 nitrogen and oxygen atoms in total. The average Bonchev–Trinajstić information content (AvgIpc) is 3.70. The number of hydrogen-bond acceptors (Lipinski definition) is 5. The maximum Gasteiger partial charge on any atom is 0.260 e. The van der Waals surface area contributed by atoms with E-state index in [0.29, 0.717) is 5.56 Å². The highest BCUT2D eigenvalue weighted by Gasteiger charge is 2.53. The van der Waals surface area contributed by atoms with E-state index in [4.69, 9.17) is 0 Å². The first-order chi connectivity index (χ1) is 27.8. The molecule has 0 fully saturated rings. The van der Waals surface area contributed by atoms with Crippen molar-refractivity contribution in [2.24, 2.45) is 0 Å². The molecule has 276 valence electrons. The zero-order chi connectivity index (χ0) is 39.1. The molecule has 57 heavy (non-hydrogen) atoms. The van der Waals surface area contributed by atoms with E-state index >= 15 is 0 Å². The molecule has 8 aromatic carbocycles. The third-order valence-corrected chi connectivity index (χ3v) is 11.2. The Morgan fingerprint density at radius 1 is 0.333 bits per heavy atom. The number of fused-ring (bicyclic) bond motifs is 4. The molecule has 0 radical (unpaired) electrons. The van der Waals surface area contributed by atoms with Crippen LogP contribution in [0.5, 0.6) is 23.0 Å². The molecule has 0 bridgehead atoms. The largest absolute Gasteiger partial charge is 0.508 e. The molecule has 0 saturated heterocycles. The van der Waals surface area contributed by atoms with Gasteiger partial charge in [0.25, 0.3) is 5.91 Å². The van der Waals surface area contributed by atoms with Crippen LogP contribution in [0.15, 0.2) is 200 Å². The van der Waals surface area contributed by atoms with E-state index in [0.717, 1.165) is 33.5 Å². The van der Waals surface area contributed by atoms with E-state index in [9.17, 15) is 25.2 Å². The molecule has 1 heterocycles. The van der Waals surface area contributed by atoms with E-state index in [-0.39, 0.29) is 28.9 Å². The Labute approximate surface area is 330 Å². The Hall–Kier alpha value is -7.57. The molecule has 1 aliphatic heterocycles. The number of anilines is 1. The van der Waals surface area contributed by atoms with Crippen LogP contribution in [-0.4, -0.2) is 26.3 Å². The molecule has 0 aromatic heterocycles. The van der Waals surface area contributed by atoms with Crippen LogP contribution in [-0.2, 0) is 11.0 Å². The number of carbonyl (C=O) groups is 1. The first-order valence-electron chi connectivity index (χ1n) is 18.7. The molecular weight excluding hydrogens is 707 g/mol. The van der Waals surface area contributed by atoms with Crippen molar-refractivity contribution in [2.75, 3.05) is 4.90 Å². The fourth-order valence-electron chi connectivity index (χ4n) is 8.85. The molecular formula is C51H37NO5. The highest BCUT2D eigenvalue weighted by atomic mass is 16.3. The minimum absolute atomic E-state index is 0.0991. The predicted octanol–water partition coefficient (Wildman–Crippen LogP) is 10.5. The Morgan fingerprint density at radius 3 is 1.09 bits per heavy atom. The summed E-state index contributed by atoms with van der Waals surface area (Å²) >= 11 is 0. The normalized spacial score (nSPS) is 14.2. The number of phenolic OH excluding ortho intramolecular Hbond substituents is 4. The summed E-state index contributed by atoms with van der Waals surface area (Å²) in [4.78, 5) is 15.5. The summed E-state index contributed by atoms with van der Waals surface area (Å²) in [6.45, 7) is 0. The summed E-state index contributed by atoms with van der Waals surface area (Å²) in [7, 11) is 0. The van der Waals surface area contributed by atoms with Gasteiger partial charge in [0.2, 0.25) is 0 Å². The third-order valence-electron chi connectivity index (χ3n) is 11.2. The molecule has 0 unspecified atom stereocenters. The van der Waals surface area contributed by atoms with Crippen LogP contribution in [0.3, 0.4) is 0 Å². The second-order valence-electron chi connectivity index (χ2n) is 14.3. The zero-order valence-electron chi connectivity index (χ0n) is 30.7. The van der Waals surface area contributed by atoms with Crippen molar-refractivity contribution in [3.05, 3.63) is 245 Å². The zero-order valence-corrected chi connectivity index (χ0v) is 30.7. The molecule has 6 heteroatoms. The van der Waals surface area contributed by atoms with Gasteiger partial charge in [-0.2, -0.15) is 0 Å². The van der Waals surface area contributed by atoms with Gasteiger partial charge in [0.15, 0.2) is 0 Å². The summed E-state index contributed by atoms with van der Waals surface area (Å²) in [6.07, 6.45) is 0. The third kappa shape index (κ3) is 5.53. The molecule has 0 saturated carbocycles. The standard InChI is InChI=1S/C26H19NO3.C25H18O2/c28-21-14-10-18(11-15-21)26(19-12-16-22(29)17-13-19)24-9-5-4-8-23(24)25(30)27(26)20-6-2-1-3-7-20;26-19-13-9-17(10-14-19)25(18-11-15-20(27)16-12-18)23-7-3-1-5-21(23)22-6-2-4-8-24(22)25/h1-17,28-29H;1-16,26-27H. The number of phenols is 4. The van der Waals surface area contributed by atoms with Crippen molar-refractivity contribution >= 4 is 11.6 Å². The lowest BCUT2D eigenvalue weighted by Crippen LogP contribution is -2.46. The fraction of sp³-hybridized carbons (Fsp3) is 0.0392. The molecule has 1 aliphatic carbocycles. The summed E-state index contributed by atoms with van der Waals surface area (Å²) in [5.74, 6) is 0.711. The van der Waals surface area contributed by atoms with E-state index in [1.807, 2.05) is 103 Å². The Bertz CT molecular complexity index is 2590. The van der Waals surface area contributed by atoms with Crippen molar-refractivity contribution in [3.63, 3.8) is 0 Å². The summed E-state index contributed by atoms with van der Waals surface area (Å²) in [6, 6.07) is 62.9. The van der Waals surface area contributed by atoms with Crippen molar-refractivity contribution in [2.45, 2.75) is 11.0 Å². The van der Waals surface area contributed by atoms with E-state index in [1.165, 1.54) is 22.3 Å². The smallest absolute Gasteiger partial charge is 0.260 e. The first-order valence-corrected chi connectivity index (χ1v) is 18.7. The lowest BCUT2D eigenvalue weighted by molar-refractivity contribution is 0.0986. The van der Waals surface area contributed by atoms with Gasteiger partial charge in [-0.25, -0.2) is 0 Å². The molecule has 0 spiro atoms. The maximum atomic E-state index is 13.7. The second-order valence-corrected chi connectivity index (χ2v) is 14.3. The van der Waals surface area contributed by atoms with Crippen molar-refractivity contribution in [1.82, 2.24) is 0 Å². The Kier molecular flexibility index (Phi) is 8.59. The number of carbonyl (C=O) groups excluding carboxylic acids is 1. The van der Waals surface area contributed by atoms with Crippen LogP contribution in [0.2, 0.25) is 0 Å². The van der Waals surface area contributed by atoms with Gasteiger partial charge in [0.1, 0.15) is 28.5 Å². The van der Waals surface area contributed by atoms with E-state index in [1.54, 1.807) is 53.4 Å². The minimum atomic E-state index is -0.948. The molecule has 1 amide bonds. The molecule has 0 atom stereocenters. The predicted molar refractivity (Wildman–Crippen MR) is 223 cm³/mol. The highest BCUT2D eigenvalue weighted by molar-refractivity contribution is 6.13. The fourth-order valence-corrected chi connectivity index (χ4v) is 8.85. The second kappa shape index (κ2) is 13.9. The number of benzene rings is 8. The lowest BCUT2D eigenvalue weighted by atomic mass is 9.68. The number of para-hydroxylation sites is 1. The molecule has 4 N–H and O–H groups in total. The summed E-state index contributed by atoms with van der Waals surface area (Å²) in [5, 5.41) is 39.5. The van der Waals surface area contributed by atoms with Gasteiger partial charge >= 0.3 is 0 Å². The molecule has 2 aliphatic rings. The van der Waals surface area contributed by atoms with Gasteiger partial charge in [-0.1, -0.05) is 133 Å². The van der Waals surface area contributed by atoms with Crippen LogP contribution < -0.4 is 4.90 Å². The molecule has 10 rings (SSSR count). The number of amides is 1. The number of nitrogens with zero attached hydrogens (tertiary/aromatic N) is 1. The van der Waals surface area contributed by atoms with Crippen LogP contribution in [0.1, 0.15) is 49.3 Å². The van der Waals surface area contributed by atoms with Crippen LogP contribution >= 0.6 is 0 Å². The Morgan fingerprint density at radius 2 is 0.667 bits per heavy atom. The topological polar surface area (TPSA) is 101 Å². The van der Waals surface area contributed by atoms with Gasteiger partial charge in [0.05, 0.1) is 5.41 Å². The first kappa shape index (κ1) is 35.2. The number of aromatic hydroxyl groups is 4. The van der Waals surface area contributed by atoms with Crippen molar-refractivity contribution in [3.8, 4) is 34.1 Å². The van der Waals surface area contributed by atoms with Gasteiger partial charge in [-0.05, 0) is 117 Å². The monoisotopic (exact) mass is 743 g/mol.